The van der Waals surface area contributed by atoms with Crippen molar-refractivity contribution in [1.29, 1.82) is 0 Å². The lowest BCUT2D eigenvalue weighted by Crippen LogP contribution is -2.46. The van der Waals surface area contributed by atoms with Gasteiger partial charge in [0.05, 0.1) is 0 Å². The first kappa shape index (κ1) is 3.89. The molecular formula is C7H11N. The zero-order valence-corrected chi connectivity index (χ0v) is 4.98. The molecule has 0 amide bonds. The molecule has 0 bridgehead atoms. The van der Waals surface area contributed by atoms with Gasteiger partial charge < -0.3 is 5.32 Å². The van der Waals surface area contributed by atoms with Gasteiger partial charge in [-0.3, -0.25) is 0 Å². The molecule has 0 aromatic heterocycles. The molecule has 2 aliphatic carbocycles. The molecule has 3 fully saturated rings. The molecule has 0 aromatic carbocycles. The van der Waals surface area contributed by atoms with E-state index in [0.29, 0.717) is 0 Å². The standard InChI is InChI=1S/C7H11N/c1-2-8-6(1)7-3-5(7)4-7/h5-6,8H,1-4H2. The number of rotatable bonds is 1. The minimum atomic E-state index is 0.901. The molecule has 3 rings (SSSR count). The molecule has 1 N–H and O–H groups in total. The zero-order chi connectivity index (χ0) is 5.19. The van der Waals surface area contributed by atoms with Crippen LogP contribution in [0.5, 0.6) is 0 Å². The average molecular weight is 109 g/mol. The highest BCUT2D eigenvalue weighted by molar-refractivity contribution is 5.25. The van der Waals surface area contributed by atoms with Crippen LogP contribution >= 0.6 is 0 Å². The Morgan fingerprint density at radius 3 is 2.12 bits per heavy atom. The Morgan fingerprint density at radius 1 is 1.38 bits per heavy atom. The van der Waals surface area contributed by atoms with Crippen molar-refractivity contribution in [2.45, 2.75) is 25.3 Å². The van der Waals surface area contributed by atoms with Crippen molar-refractivity contribution < 1.29 is 0 Å². The van der Waals surface area contributed by atoms with Crippen molar-refractivity contribution in [3.63, 3.8) is 0 Å². The van der Waals surface area contributed by atoms with Crippen LogP contribution in [0.3, 0.4) is 0 Å². The lowest BCUT2D eigenvalue weighted by molar-refractivity contribution is 0.289. The van der Waals surface area contributed by atoms with Gasteiger partial charge in [-0.05, 0) is 37.1 Å². The third kappa shape index (κ3) is 0.255. The van der Waals surface area contributed by atoms with Crippen LogP contribution in [0.15, 0.2) is 0 Å². The second-order valence-corrected chi connectivity index (χ2v) is 3.63. The maximum Gasteiger partial charge on any atom is 0.0138 e. The molecule has 2 saturated carbocycles. The Balaban J connectivity index is 1.81. The van der Waals surface area contributed by atoms with E-state index in [2.05, 4.69) is 5.32 Å². The summed E-state index contributed by atoms with van der Waals surface area (Å²) in [5.74, 6) is 1.18. The summed E-state index contributed by atoms with van der Waals surface area (Å²) in [7, 11) is 0. The first-order valence-corrected chi connectivity index (χ1v) is 3.65. The third-order valence-corrected chi connectivity index (χ3v) is 3.26. The summed E-state index contributed by atoms with van der Waals surface area (Å²) in [5, 5.41) is 3.49. The Hall–Kier alpha value is -0.0400. The highest BCUT2D eigenvalue weighted by atomic mass is 15.1. The Labute approximate surface area is 49.5 Å². The summed E-state index contributed by atoms with van der Waals surface area (Å²) >= 11 is 0. The van der Waals surface area contributed by atoms with Crippen molar-refractivity contribution in [2.75, 3.05) is 6.54 Å². The van der Waals surface area contributed by atoms with E-state index in [4.69, 9.17) is 0 Å². The summed E-state index contributed by atoms with van der Waals surface area (Å²) in [5.41, 5.74) is 0.901. The molecule has 1 heterocycles. The van der Waals surface area contributed by atoms with Crippen molar-refractivity contribution in [3.8, 4) is 0 Å². The highest BCUT2D eigenvalue weighted by Crippen LogP contribution is 2.78. The van der Waals surface area contributed by atoms with Crippen LogP contribution < -0.4 is 5.32 Å². The topological polar surface area (TPSA) is 12.0 Å². The van der Waals surface area contributed by atoms with Gasteiger partial charge in [0.1, 0.15) is 0 Å². The van der Waals surface area contributed by atoms with Crippen molar-refractivity contribution >= 4 is 0 Å². The molecule has 0 spiro atoms. The van der Waals surface area contributed by atoms with Crippen LogP contribution in [0.2, 0.25) is 0 Å². The van der Waals surface area contributed by atoms with Crippen LogP contribution in [-0.2, 0) is 0 Å². The molecule has 3 aliphatic rings. The SMILES string of the molecule is C1CC(C23CC2C3)N1. The predicted octanol–water partition coefficient (Wildman–Crippen LogP) is 0.758. The maximum atomic E-state index is 3.49. The van der Waals surface area contributed by atoms with Crippen LogP contribution in [0.4, 0.5) is 0 Å². The number of fused-ring (bicyclic) bond motifs is 1. The second kappa shape index (κ2) is 0.860. The minimum absolute atomic E-state index is 0.901. The van der Waals surface area contributed by atoms with E-state index in [0.717, 1.165) is 11.5 Å². The van der Waals surface area contributed by atoms with E-state index in [1.165, 1.54) is 18.9 Å². The molecule has 1 unspecified atom stereocenters. The smallest absolute Gasteiger partial charge is 0.0138 e. The first-order valence-electron chi connectivity index (χ1n) is 3.65. The van der Waals surface area contributed by atoms with Gasteiger partial charge in [0.15, 0.2) is 0 Å². The lowest BCUT2D eigenvalue weighted by atomic mass is 9.95. The molecule has 1 nitrogen and oxygen atoms in total. The molecule has 1 heteroatoms. The number of hydrogen-bond donors (Lipinski definition) is 1. The van der Waals surface area contributed by atoms with E-state index < -0.39 is 0 Å². The fourth-order valence-corrected chi connectivity index (χ4v) is 2.09. The minimum Gasteiger partial charge on any atom is -0.313 e. The first-order chi connectivity index (χ1) is 3.92. The number of hydrogen-bond acceptors (Lipinski definition) is 1. The summed E-state index contributed by atoms with van der Waals surface area (Å²) in [4.78, 5) is 0. The zero-order valence-electron chi connectivity index (χ0n) is 4.98. The summed E-state index contributed by atoms with van der Waals surface area (Å²) in [6.45, 7) is 1.29. The Kier molecular flexibility index (Phi) is 0.418. The summed E-state index contributed by atoms with van der Waals surface area (Å²) in [6.07, 6.45) is 4.59. The van der Waals surface area contributed by atoms with Crippen molar-refractivity contribution in [3.05, 3.63) is 0 Å². The van der Waals surface area contributed by atoms with Crippen LogP contribution in [0.1, 0.15) is 19.3 Å². The maximum absolute atomic E-state index is 3.49. The van der Waals surface area contributed by atoms with Crippen molar-refractivity contribution in [1.82, 2.24) is 5.32 Å². The van der Waals surface area contributed by atoms with Crippen molar-refractivity contribution in [2.24, 2.45) is 11.3 Å². The van der Waals surface area contributed by atoms with Gasteiger partial charge in [0, 0.05) is 6.04 Å². The van der Waals surface area contributed by atoms with Gasteiger partial charge in [0.25, 0.3) is 0 Å². The molecule has 0 aromatic rings. The predicted molar refractivity (Wildman–Crippen MR) is 31.6 cm³/mol. The fraction of sp³-hybridized carbons (Fsp3) is 1.00. The molecule has 1 atom stereocenters. The van der Waals surface area contributed by atoms with Gasteiger partial charge in [-0.25, -0.2) is 0 Å². The van der Waals surface area contributed by atoms with Gasteiger partial charge in [-0.15, -0.1) is 0 Å². The summed E-state index contributed by atoms with van der Waals surface area (Å²) < 4.78 is 0. The van der Waals surface area contributed by atoms with Gasteiger partial charge in [-0.1, -0.05) is 0 Å². The normalized spacial score (nSPS) is 66.0. The lowest BCUT2D eigenvalue weighted by Gasteiger charge is -2.30. The number of nitrogens with one attached hydrogen (secondary N) is 1. The molecule has 0 radical (unpaired) electrons. The van der Waals surface area contributed by atoms with Crippen LogP contribution in [-0.4, -0.2) is 12.6 Å². The largest absolute Gasteiger partial charge is 0.313 e. The second-order valence-electron chi connectivity index (χ2n) is 3.63. The van der Waals surface area contributed by atoms with E-state index in [-0.39, 0.29) is 0 Å². The third-order valence-electron chi connectivity index (χ3n) is 3.26. The quantitative estimate of drug-likeness (QED) is 0.524. The van der Waals surface area contributed by atoms with Gasteiger partial charge in [0.2, 0.25) is 0 Å². The average Bonchev–Trinajstić information content (AvgIpc) is 2.10. The van der Waals surface area contributed by atoms with E-state index in [9.17, 15) is 0 Å². The van der Waals surface area contributed by atoms with E-state index in [1.54, 1.807) is 12.8 Å². The van der Waals surface area contributed by atoms with E-state index in [1.807, 2.05) is 0 Å². The molecule has 1 aliphatic heterocycles. The highest BCUT2D eigenvalue weighted by Gasteiger charge is 2.73. The van der Waals surface area contributed by atoms with Gasteiger partial charge >= 0.3 is 0 Å². The molecular weight excluding hydrogens is 98.1 g/mol. The molecule has 8 heavy (non-hydrogen) atoms. The molecule has 1 saturated heterocycles. The summed E-state index contributed by atoms with van der Waals surface area (Å²) in [6, 6.07) is 0.965. The van der Waals surface area contributed by atoms with Crippen LogP contribution in [0, 0.1) is 11.3 Å². The Morgan fingerprint density at radius 2 is 2.00 bits per heavy atom. The van der Waals surface area contributed by atoms with Crippen LogP contribution in [0.25, 0.3) is 0 Å². The molecule has 44 valence electrons. The fourth-order valence-electron chi connectivity index (χ4n) is 2.09. The van der Waals surface area contributed by atoms with E-state index >= 15 is 0 Å². The Bertz CT molecular complexity index is 131. The van der Waals surface area contributed by atoms with Gasteiger partial charge in [-0.2, -0.15) is 0 Å². The monoisotopic (exact) mass is 109 g/mol.